The van der Waals surface area contributed by atoms with Gasteiger partial charge in [0.1, 0.15) is 0 Å². The molecule has 3 aromatic rings. The van der Waals surface area contributed by atoms with Crippen molar-refractivity contribution in [3.8, 4) is 0 Å². The van der Waals surface area contributed by atoms with Crippen LogP contribution < -0.4 is 4.72 Å². The number of rotatable bonds is 5. The maximum atomic E-state index is 13.2. The fraction of sp³-hybridized carbons (Fsp3) is 0.346. The Morgan fingerprint density at radius 3 is 2.53 bits per heavy atom. The highest BCUT2D eigenvalue weighted by atomic mass is 32.2. The molecule has 6 heteroatoms. The number of pyridine rings is 1. The Balaban J connectivity index is 1.48. The van der Waals surface area contributed by atoms with Crippen LogP contribution in [0.3, 0.4) is 0 Å². The van der Waals surface area contributed by atoms with Crippen LogP contribution in [0.15, 0.2) is 75.5 Å². The minimum Gasteiger partial charge on any atom is -0.261 e. The van der Waals surface area contributed by atoms with Crippen LogP contribution in [0.2, 0.25) is 0 Å². The van der Waals surface area contributed by atoms with Crippen molar-refractivity contribution in [3.63, 3.8) is 0 Å². The fourth-order valence-corrected chi connectivity index (χ4v) is 7.92. The highest BCUT2D eigenvalue weighted by Crippen LogP contribution is 2.55. The second-order valence-electron chi connectivity index (χ2n) is 8.82. The number of benzene rings is 2. The second-order valence-corrected chi connectivity index (χ2v) is 11.6. The Morgan fingerprint density at radius 2 is 1.75 bits per heavy atom. The van der Waals surface area contributed by atoms with Gasteiger partial charge in [-0.15, -0.1) is 0 Å². The zero-order valence-electron chi connectivity index (χ0n) is 18.3. The summed E-state index contributed by atoms with van der Waals surface area (Å²) in [5.74, 6) is 0. The average molecular weight is 465 g/mol. The normalized spacial score (nSPS) is 17.0. The summed E-state index contributed by atoms with van der Waals surface area (Å²) in [6.45, 7) is 2.26. The second kappa shape index (κ2) is 8.65. The van der Waals surface area contributed by atoms with Crippen LogP contribution in [-0.4, -0.2) is 19.9 Å². The van der Waals surface area contributed by atoms with Crippen molar-refractivity contribution in [2.75, 3.05) is 6.54 Å². The molecule has 0 unspecified atom stereocenters. The van der Waals surface area contributed by atoms with Gasteiger partial charge in [0.2, 0.25) is 10.0 Å². The Labute approximate surface area is 194 Å². The van der Waals surface area contributed by atoms with E-state index >= 15 is 0 Å². The van der Waals surface area contributed by atoms with Crippen molar-refractivity contribution < 1.29 is 8.42 Å². The number of nitrogens with one attached hydrogen (secondary N) is 1. The molecule has 32 heavy (non-hydrogen) atoms. The number of hydrogen-bond donors (Lipinski definition) is 1. The third-order valence-electron chi connectivity index (χ3n) is 6.81. The average Bonchev–Trinajstić information content (AvgIpc) is 2.81. The van der Waals surface area contributed by atoms with Gasteiger partial charge in [0.15, 0.2) is 0 Å². The molecule has 0 bridgehead atoms. The van der Waals surface area contributed by atoms with Crippen LogP contribution in [0.25, 0.3) is 0 Å². The van der Waals surface area contributed by atoms with E-state index in [1.54, 1.807) is 18.0 Å². The molecular formula is C26H28N2O2S2. The van der Waals surface area contributed by atoms with Gasteiger partial charge in [-0.05, 0) is 60.7 Å². The standard InChI is InChI=1S/C26H28N2O2S2/c1-19-17-22-24(18-25(19)32(29,30)28-16-12-20-9-5-8-15-27-20)31-23-11-4-3-10-21(23)26(22)13-6-2-7-14-26/h3-5,8-11,15,17-18,28H,2,6-7,12-14,16H2,1H3. The smallest absolute Gasteiger partial charge is 0.240 e. The molecule has 0 saturated heterocycles. The molecule has 5 rings (SSSR count). The van der Waals surface area contributed by atoms with E-state index in [0.29, 0.717) is 17.9 Å². The van der Waals surface area contributed by atoms with Gasteiger partial charge in [-0.3, -0.25) is 4.98 Å². The van der Waals surface area contributed by atoms with Crippen LogP contribution in [0.4, 0.5) is 0 Å². The number of nitrogens with zero attached hydrogens (tertiary/aromatic N) is 1. The van der Waals surface area contributed by atoms with Gasteiger partial charge in [0.05, 0.1) is 4.90 Å². The summed E-state index contributed by atoms with van der Waals surface area (Å²) in [6.07, 6.45) is 8.26. The Hall–Kier alpha value is -2.15. The van der Waals surface area contributed by atoms with Gasteiger partial charge < -0.3 is 0 Å². The summed E-state index contributed by atoms with van der Waals surface area (Å²) in [6, 6.07) is 18.4. The van der Waals surface area contributed by atoms with Crippen LogP contribution in [0, 0.1) is 6.92 Å². The number of aromatic nitrogens is 1. The summed E-state index contributed by atoms with van der Waals surface area (Å²) in [5, 5.41) is 0. The van der Waals surface area contributed by atoms with Crippen LogP contribution in [0.5, 0.6) is 0 Å². The van der Waals surface area contributed by atoms with E-state index in [1.807, 2.05) is 31.2 Å². The van der Waals surface area contributed by atoms with E-state index in [2.05, 4.69) is 40.0 Å². The molecule has 2 aliphatic rings. The largest absolute Gasteiger partial charge is 0.261 e. The van der Waals surface area contributed by atoms with Crippen molar-refractivity contribution in [1.29, 1.82) is 0 Å². The third kappa shape index (κ3) is 3.89. The lowest BCUT2D eigenvalue weighted by molar-refractivity contribution is 0.335. The topological polar surface area (TPSA) is 59.1 Å². The first-order chi connectivity index (χ1) is 15.5. The Bertz CT molecular complexity index is 1230. The third-order valence-corrected chi connectivity index (χ3v) is 9.55. The molecule has 0 radical (unpaired) electrons. The summed E-state index contributed by atoms with van der Waals surface area (Å²) < 4.78 is 29.2. The van der Waals surface area contributed by atoms with Gasteiger partial charge in [0.25, 0.3) is 0 Å². The summed E-state index contributed by atoms with van der Waals surface area (Å²) in [5.41, 5.74) is 4.43. The first kappa shape index (κ1) is 21.7. The molecule has 1 N–H and O–H groups in total. The van der Waals surface area contributed by atoms with E-state index in [9.17, 15) is 8.42 Å². The molecule has 2 aromatic carbocycles. The molecule has 1 aliphatic carbocycles. The fourth-order valence-electron chi connectivity index (χ4n) is 5.26. The first-order valence-corrected chi connectivity index (χ1v) is 13.6. The monoisotopic (exact) mass is 464 g/mol. The van der Waals surface area contributed by atoms with Gasteiger partial charge in [-0.25, -0.2) is 13.1 Å². The van der Waals surface area contributed by atoms with E-state index in [1.165, 1.54) is 35.3 Å². The van der Waals surface area contributed by atoms with Gasteiger partial charge in [-0.1, -0.05) is 61.4 Å². The summed E-state index contributed by atoms with van der Waals surface area (Å²) in [7, 11) is -3.61. The lowest BCUT2D eigenvalue weighted by atomic mass is 9.65. The highest BCUT2D eigenvalue weighted by molar-refractivity contribution is 7.99. The molecule has 2 heterocycles. The molecule has 4 nitrogen and oxygen atoms in total. The zero-order valence-corrected chi connectivity index (χ0v) is 19.9. The number of hydrogen-bond acceptors (Lipinski definition) is 4. The van der Waals surface area contributed by atoms with E-state index < -0.39 is 10.0 Å². The highest BCUT2D eigenvalue weighted by Gasteiger charge is 2.42. The summed E-state index contributed by atoms with van der Waals surface area (Å²) in [4.78, 5) is 7.01. The van der Waals surface area contributed by atoms with E-state index in [0.717, 1.165) is 29.0 Å². The van der Waals surface area contributed by atoms with Gasteiger partial charge in [0, 0.05) is 40.1 Å². The molecule has 1 saturated carbocycles. The summed E-state index contributed by atoms with van der Waals surface area (Å²) >= 11 is 1.71. The predicted molar refractivity (Wildman–Crippen MR) is 129 cm³/mol. The lowest BCUT2D eigenvalue weighted by Crippen LogP contribution is -2.34. The molecule has 0 amide bonds. The van der Waals surface area contributed by atoms with Gasteiger partial charge in [-0.2, -0.15) is 0 Å². The van der Waals surface area contributed by atoms with Crippen molar-refractivity contribution in [1.82, 2.24) is 9.71 Å². The molecule has 166 valence electrons. The number of aryl methyl sites for hydroxylation is 1. The molecule has 1 aliphatic heterocycles. The van der Waals surface area contributed by atoms with Crippen LogP contribution in [0.1, 0.15) is 54.5 Å². The predicted octanol–water partition coefficient (Wildman–Crippen LogP) is 5.63. The van der Waals surface area contributed by atoms with Crippen molar-refractivity contribution in [2.24, 2.45) is 0 Å². The molecular weight excluding hydrogens is 436 g/mol. The number of fused-ring (bicyclic) bond motifs is 4. The SMILES string of the molecule is Cc1cc2c(cc1S(=O)(=O)NCCc1ccccn1)Sc1ccccc1C21CCCCC1. The van der Waals surface area contributed by atoms with E-state index in [-0.39, 0.29) is 5.41 Å². The molecule has 0 atom stereocenters. The maximum Gasteiger partial charge on any atom is 0.240 e. The minimum atomic E-state index is -3.61. The molecule has 1 aromatic heterocycles. The van der Waals surface area contributed by atoms with E-state index in [4.69, 9.17) is 0 Å². The number of sulfonamides is 1. The maximum absolute atomic E-state index is 13.2. The molecule has 1 fully saturated rings. The van der Waals surface area contributed by atoms with Crippen molar-refractivity contribution >= 4 is 21.8 Å². The minimum absolute atomic E-state index is 0.00882. The van der Waals surface area contributed by atoms with Crippen molar-refractivity contribution in [3.05, 3.63) is 83.2 Å². The Morgan fingerprint density at radius 1 is 0.969 bits per heavy atom. The lowest BCUT2D eigenvalue weighted by Gasteiger charge is -2.43. The zero-order chi connectivity index (χ0) is 22.2. The Kier molecular flexibility index (Phi) is 5.86. The van der Waals surface area contributed by atoms with Crippen molar-refractivity contribution in [2.45, 2.75) is 65.6 Å². The van der Waals surface area contributed by atoms with Crippen LogP contribution in [-0.2, 0) is 21.9 Å². The quantitative estimate of drug-likeness (QED) is 0.532. The van der Waals surface area contributed by atoms with Crippen LogP contribution >= 0.6 is 11.8 Å². The first-order valence-electron chi connectivity index (χ1n) is 11.3. The molecule has 1 spiro atoms. The van der Waals surface area contributed by atoms with Gasteiger partial charge >= 0.3 is 0 Å².